The summed E-state index contributed by atoms with van der Waals surface area (Å²) in [5.41, 5.74) is 0.570. The summed E-state index contributed by atoms with van der Waals surface area (Å²) in [5.74, 6) is 0.748. The van der Waals surface area contributed by atoms with E-state index in [1.807, 2.05) is 0 Å². The Morgan fingerprint density at radius 1 is 1.24 bits per heavy atom. The maximum Gasteiger partial charge on any atom is 0.0471 e. The fourth-order valence-electron chi connectivity index (χ4n) is 3.82. The second-order valence-electron chi connectivity index (χ2n) is 6.34. The summed E-state index contributed by atoms with van der Waals surface area (Å²) in [4.78, 5) is 0. The Kier molecular flexibility index (Phi) is 4.48. The van der Waals surface area contributed by atoms with Crippen molar-refractivity contribution in [1.82, 2.24) is 5.32 Å². The molecule has 2 nitrogen and oxygen atoms in total. The van der Waals surface area contributed by atoms with Gasteiger partial charge in [0.1, 0.15) is 0 Å². The average molecular weight is 239 g/mol. The molecular weight excluding hydrogens is 210 g/mol. The van der Waals surface area contributed by atoms with Crippen LogP contribution < -0.4 is 5.32 Å². The van der Waals surface area contributed by atoms with Crippen molar-refractivity contribution in [2.24, 2.45) is 11.3 Å². The molecule has 2 heteroatoms. The van der Waals surface area contributed by atoms with Crippen molar-refractivity contribution < 1.29 is 4.74 Å². The van der Waals surface area contributed by atoms with Gasteiger partial charge < -0.3 is 10.1 Å². The van der Waals surface area contributed by atoms with Crippen molar-refractivity contribution in [3.8, 4) is 0 Å². The zero-order valence-corrected chi connectivity index (χ0v) is 11.8. The van der Waals surface area contributed by atoms with Crippen LogP contribution in [0, 0.1) is 11.3 Å². The highest BCUT2D eigenvalue weighted by Gasteiger charge is 2.44. The molecule has 1 saturated heterocycles. The summed E-state index contributed by atoms with van der Waals surface area (Å²) in [6, 6.07) is 1.44. The van der Waals surface area contributed by atoms with Crippen molar-refractivity contribution in [3.05, 3.63) is 0 Å². The minimum atomic E-state index is 0.570. The third-order valence-electron chi connectivity index (χ3n) is 5.06. The quantitative estimate of drug-likeness (QED) is 0.812. The molecule has 17 heavy (non-hydrogen) atoms. The molecule has 0 aromatic heterocycles. The molecule has 1 aliphatic carbocycles. The smallest absolute Gasteiger partial charge is 0.0471 e. The molecule has 2 fully saturated rings. The molecule has 1 aliphatic heterocycles. The molecule has 1 N–H and O–H groups in total. The lowest BCUT2D eigenvalue weighted by Crippen LogP contribution is -2.49. The van der Waals surface area contributed by atoms with E-state index in [0.29, 0.717) is 11.5 Å². The highest BCUT2D eigenvalue weighted by atomic mass is 16.5. The van der Waals surface area contributed by atoms with Gasteiger partial charge in [-0.25, -0.2) is 0 Å². The van der Waals surface area contributed by atoms with Gasteiger partial charge in [0.05, 0.1) is 0 Å². The largest absolute Gasteiger partial charge is 0.381 e. The Morgan fingerprint density at radius 2 is 1.94 bits per heavy atom. The minimum Gasteiger partial charge on any atom is -0.381 e. The van der Waals surface area contributed by atoms with Crippen LogP contribution in [0.2, 0.25) is 0 Å². The minimum absolute atomic E-state index is 0.570. The lowest BCUT2D eigenvalue weighted by atomic mass is 9.75. The molecule has 2 aliphatic rings. The summed E-state index contributed by atoms with van der Waals surface area (Å²) >= 11 is 0. The maximum absolute atomic E-state index is 5.56. The van der Waals surface area contributed by atoms with Gasteiger partial charge in [0.15, 0.2) is 0 Å². The maximum atomic E-state index is 5.56. The van der Waals surface area contributed by atoms with Crippen molar-refractivity contribution in [2.45, 2.75) is 71.4 Å². The summed E-state index contributed by atoms with van der Waals surface area (Å²) < 4.78 is 5.56. The van der Waals surface area contributed by atoms with E-state index in [1.165, 1.54) is 38.5 Å². The van der Waals surface area contributed by atoms with Gasteiger partial charge >= 0.3 is 0 Å². The van der Waals surface area contributed by atoms with Crippen LogP contribution >= 0.6 is 0 Å². The lowest BCUT2D eigenvalue weighted by molar-refractivity contribution is 0.00136. The summed E-state index contributed by atoms with van der Waals surface area (Å²) in [7, 11) is 0. The molecule has 0 radical (unpaired) electrons. The molecule has 0 bridgehead atoms. The Bertz CT molecular complexity index is 233. The summed E-state index contributed by atoms with van der Waals surface area (Å²) in [6.07, 6.45) is 8.01. The van der Waals surface area contributed by atoms with E-state index in [1.54, 1.807) is 0 Å². The zero-order valence-electron chi connectivity index (χ0n) is 11.8. The van der Waals surface area contributed by atoms with Gasteiger partial charge in [-0.05, 0) is 43.4 Å². The number of nitrogens with one attached hydrogen (secondary N) is 1. The van der Waals surface area contributed by atoms with E-state index in [4.69, 9.17) is 4.74 Å². The van der Waals surface area contributed by atoms with Gasteiger partial charge in [-0.15, -0.1) is 0 Å². The van der Waals surface area contributed by atoms with Crippen molar-refractivity contribution in [3.63, 3.8) is 0 Å². The fraction of sp³-hybridized carbons (Fsp3) is 1.00. The summed E-state index contributed by atoms with van der Waals surface area (Å²) in [6.45, 7) is 8.95. The van der Waals surface area contributed by atoms with Crippen LogP contribution in [0.15, 0.2) is 0 Å². The monoisotopic (exact) mass is 239 g/mol. The highest BCUT2D eigenvalue weighted by Crippen LogP contribution is 2.46. The van der Waals surface area contributed by atoms with E-state index in [9.17, 15) is 0 Å². The van der Waals surface area contributed by atoms with E-state index < -0.39 is 0 Å². The second-order valence-corrected chi connectivity index (χ2v) is 6.34. The van der Waals surface area contributed by atoms with Gasteiger partial charge in [0, 0.05) is 25.3 Å². The first-order valence-electron chi connectivity index (χ1n) is 7.52. The molecule has 0 aromatic carbocycles. The Balaban J connectivity index is 1.98. The molecule has 0 aromatic rings. The molecule has 1 spiro atoms. The van der Waals surface area contributed by atoms with Gasteiger partial charge in [-0.3, -0.25) is 0 Å². The molecule has 0 amide bonds. The Hall–Kier alpha value is -0.0800. The Labute approximate surface area is 107 Å². The van der Waals surface area contributed by atoms with E-state index >= 15 is 0 Å². The number of rotatable bonds is 4. The molecule has 2 atom stereocenters. The topological polar surface area (TPSA) is 21.3 Å². The molecule has 2 rings (SSSR count). The first kappa shape index (κ1) is 13.4. The Morgan fingerprint density at radius 3 is 2.53 bits per heavy atom. The first-order chi connectivity index (χ1) is 8.18. The third kappa shape index (κ3) is 2.85. The molecule has 1 heterocycles. The predicted molar refractivity (Wildman–Crippen MR) is 72.2 cm³/mol. The number of ether oxygens (including phenoxy) is 1. The molecular formula is C15H29NO. The SMILES string of the molecule is CCC(NC1CCCC12CCOCC2)C(C)C. The predicted octanol–water partition coefficient (Wildman–Crippen LogP) is 3.36. The molecule has 1 saturated carbocycles. The van der Waals surface area contributed by atoms with Crippen LogP contribution in [0.1, 0.15) is 59.3 Å². The normalized spacial score (nSPS) is 30.0. The number of hydrogen-bond donors (Lipinski definition) is 1. The van der Waals surface area contributed by atoms with E-state index in [0.717, 1.165) is 25.2 Å². The standard InChI is InChI=1S/C15H29NO/c1-4-13(12(2)3)16-14-6-5-7-15(14)8-10-17-11-9-15/h12-14,16H,4-11H2,1-3H3. The van der Waals surface area contributed by atoms with Crippen LogP contribution in [0.4, 0.5) is 0 Å². The highest BCUT2D eigenvalue weighted by molar-refractivity contribution is 4.98. The second kappa shape index (κ2) is 5.71. The van der Waals surface area contributed by atoms with Crippen LogP contribution in [0.25, 0.3) is 0 Å². The average Bonchev–Trinajstić information content (AvgIpc) is 2.69. The molecule has 2 unspecified atom stereocenters. The zero-order chi connectivity index (χ0) is 12.3. The van der Waals surface area contributed by atoms with Crippen LogP contribution in [-0.4, -0.2) is 25.3 Å². The van der Waals surface area contributed by atoms with E-state index in [-0.39, 0.29) is 0 Å². The molecule has 100 valence electrons. The summed E-state index contributed by atoms with van der Waals surface area (Å²) in [5, 5.41) is 3.97. The van der Waals surface area contributed by atoms with Gasteiger partial charge in [0.25, 0.3) is 0 Å². The number of hydrogen-bond acceptors (Lipinski definition) is 2. The van der Waals surface area contributed by atoms with Crippen molar-refractivity contribution >= 4 is 0 Å². The fourth-order valence-corrected chi connectivity index (χ4v) is 3.82. The first-order valence-corrected chi connectivity index (χ1v) is 7.52. The third-order valence-corrected chi connectivity index (χ3v) is 5.06. The van der Waals surface area contributed by atoms with Crippen molar-refractivity contribution in [2.75, 3.05) is 13.2 Å². The lowest BCUT2D eigenvalue weighted by Gasteiger charge is -2.41. The van der Waals surface area contributed by atoms with Gasteiger partial charge in [0.2, 0.25) is 0 Å². The van der Waals surface area contributed by atoms with Crippen LogP contribution in [0.5, 0.6) is 0 Å². The van der Waals surface area contributed by atoms with Gasteiger partial charge in [-0.1, -0.05) is 27.2 Å². The van der Waals surface area contributed by atoms with Gasteiger partial charge in [-0.2, -0.15) is 0 Å². The van der Waals surface area contributed by atoms with Crippen LogP contribution in [-0.2, 0) is 4.74 Å². The van der Waals surface area contributed by atoms with E-state index in [2.05, 4.69) is 26.1 Å². The van der Waals surface area contributed by atoms with Crippen molar-refractivity contribution in [1.29, 1.82) is 0 Å². The van der Waals surface area contributed by atoms with Crippen LogP contribution in [0.3, 0.4) is 0 Å².